The largest absolute Gasteiger partial charge is 0.497 e. The number of hydrogen-bond acceptors (Lipinski definition) is 6. The number of nitrogens with zero attached hydrogens (tertiary/aromatic N) is 5. The van der Waals surface area contributed by atoms with Gasteiger partial charge in [0.2, 0.25) is 0 Å². The Bertz CT molecular complexity index is 1130. The van der Waals surface area contributed by atoms with E-state index in [1.165, 1.54) is 0 Å². The lowest BCUT2D eigenvalue weighted by atomic mass is 10.1. The molecule has 0 spiro atoms. The molecule has 0 aliphatic rings. The van der Waals surface area contributed by atoms with Crippen LogP contribution in [-0.4, -0.2) is 42.9 Å². The first kappa shape index (κ1) is 20.1. The molecular formula is C22H26N6O2. The molecule has 1 unspecified atom stereocenters. The van der Waals surface area contributed by atoms with Crippen molar-refractivity contribution in [1.29, 1.82) is 0 Å². The number of aliphatic hydroxyl groups is 1. The molecule has 8 nitrogen and oxygen atoms in total. The van der Waals surface area contributed by atoms with Crippen LogP contribution < -0.4 is 10.1 Å². The van der Waals surface area contributed by atoms with Crippen molar-refractivity contribution in [2.24, 2.45) is 0 Å². The smallest absolute Gasteiger partial charge is 0.163 e. The third-order valence-corrected chi connectivity index (χ3v) is 5.19. The Balaban J connectivity index is 1.50. The highest BCUT2D eigenvalue weighted by Crippen LogP contribution is 2.25. The van der Waals surface area contributed by atoms with Gasteiger partial charge in [-0.05, 0) is 57.1 Å². The molecule has 0 radical (unpaired) electrons. The van der Waals surface area contributed by atoms with Crippen molar-refractivity contribution in [1.82, 2.24) is 29.5 Å². The van der Waals surface area contributed by atoms with E-state index in [1.54, 1.807) is 24.0 Å². The second-order valence-corrected chi connectivity index (χ2v) is 7.22. The molecule has 0 amide bonds. The van der Waals surface area contributed by atoms with Crippen LogP contribution >= 0.6 is 0 Å². The highest BCUT2D eigenvalue weighted by atomic mass is 16.5. The molecule has 0 aliphatic heterocycles. The van der Waals surface area contributed by atoms with Gasteiger partial charge in [-0.2, -0.15) is 5.10 Å². The SMILES string of the molecule is COc1ccc(-c2cc(C)n3ncc(C(O)NCCCn4ccnc4C)c3n2)cc1. The zero-order valence-electron chi connectivity index (χ0n) is 17.4. The summed E-state index contributed by atoms with van der Waals surface area (Å²) in [5.74, 6) is 1.79. The van der Waals surface area contributed by atoms with E-state index in [2.05, 4.69) is 20.0 Å². The highest BCUT2D eigenvalue weighted by molar-refractivity contribution is 5.64. The minimum Gasteiger partial charge on any atom is -0.497 e. The summed E-state index contributed by atoms with van der Waals surface area (Å²) in [6.07, 6.45) is 5.46. The fraction of sp³-hybridized carbons (Fsp3) is 0.318. The van der Waals surface area contributed by atoms with Crippen LogP contribution in [0.1, 0.15) is 29.7 Å². The van der Waals surface area contributed by atoms with Gasteiger partial charge in [0.1, 0.15) is 17.8 Å². The minimum atomic E-state index is -0.843. The summed E-state index contributed by atoms with van der Waals surface area (Å²) in [7, 11) is 1.65. The number of fused-ring (bicyclic) bond motifs is 1. The summed E-state index contributed by atoms with van der Waals surface area (Å²) in [6.45, 7) is 5.47. The Kier molecular flexibility index (Phi) is 5.78. The molecule has 2 N–H and O–H groups in total. The van der Waals surface area contributed by atoms with E-state index in [0.717, 1.165) is 41.5 Å². The van der Waals surface area contributed by atoms with E-state index in [-0.39, 0.29) is 0 Å². The van der Waals surface area contributed by atoms with Crippen LogP contribution in [-0.2, 0) is 6.54 Å². The lowest BCUT2D eigenvalue weighted by Gasteiger charge is -2.13. The molecule has 1 atom stereocenters. The van der Waals surface area contributed by atoms with Gasteiger partial charge in [-0.3, -0.25) is 5.32 Å². The van der Waals surface area contributed by atoms with Crippen LogP contribution in [0.5, 0.6) is 5.75 Å². The number of benzene rings is 1. The Labute approximate surface area is 175 Å². The van der Waals surface area contributed by atoms with Gasteiger partial charge in [0.05, 0.1) is 24.6 Å². The van der Waals surface area contributed by atoms with Gasteiger partial charge in [-0.25, -0.2) is 14.5 Å². The lowest BCUT2D eigenvalue weighted by Crippen LogP contribution is -2.23. The minimum absolute atomic E-state index is 0.645. The summed E-state index contributed by atoms with van der Waals surface area (Å²) in [6, 6.07) is 9.75. The average Bonchev–Trinajstić information content (AvgIpc) is 3.37. The van der Waals surface area contributed by atoms with Crippen LogP contribution in [0.2, 0.25) is 0 Å². The van der Waals surface area contributed by atoms with Gasteiger partial charge in [0, 0.05) is 30.2 Å². The maximum atomic E-state index is 10.7. The van der Waals surface area contributed by atoms with E-state index in [1.807, 2.05) is 50.4 Å². The number of aliphatic hydroxyl groups excluding tert-OH is 1. The first-order chi connectivity index (χ1) is 14.6. The van der Waals surface area contributed by atoms with Crippen LogP contribution in [0.25, 0.3) is 16.9 Å². The van der Waals surface area contributed by atoms with Crippen LogP contribution in [0.15, 0.2) is 48.9 Å². The van der Waals surface area contributed by atoms with E-state index < -0.39 is 6.23 Å². The standard InChI is InChI=1S/C22H26N6O2/c1-15-13-20(17-5-7-18(30-3)8-6-17)26-21-19(14-25-28(15)21)22(29)24-9-4-11-27-12-10-23-16(27)2/h5-8,10,12-14,22,24,29H,4,9,11H2,1-3H3. The maximum absolute atomic E-state index is 10.7. The van der Waals surface area contributed by atoms with E-state index in [9.17, 15) is 5.11 Å². The van der Waals surface area contributed by atoms with Gasteiger partial charge >= 0.3 is 0 Å². The molecule has 0 saturated heterocycles. The zero-order valence-corrected chi connectivity index (χ0v) is 17.4. The van der Waals surface area contributed by atoms with Crippen molar-refractivity contribution in [3.05, 3.63) is 66.0 Å². The molecule has 3 aromatic heterocycles. The van der Waals surface area contributed by atoms with Gasteiger partial charge in [-0.1, -0.05) is 0 Å². The van der Waals surface area contributed by atoms with Crippen LogP contribution in [0.3, 0.4) is 0 Å². The monoisotopic (exact) mass is 406 g/mol. The number of aromatic nitrogens is 5. The molecule has 1 aromatic carbocycles. The van der Waals surface area contributed by atoms with Crippen molar-refractivity contribution in [3.63, 3.8) is 0 Å². The third-order valence-electron chi connectivity index (χ3n) is 5.19. The molecule has 0 fully saturated rings. The molecule has 156 valence electrons. The first-order valence-electron chi connectivity index (χ1n) is 9.95. The molecule has 0 aliphatic carbocycles. The number of imidazole rings is 1. The Morgan fingerprint density at radius 2 is 2.00 bits per heavy atom. The number of rotatable bonds is 8. The van der Waals surface area contributed by atoms with E-state index in [4.69, 9.17) is 9.72 Å². The van der Waals surface area contributed by atoms with Gasteiger partial charge in [0.15, 0.2) is 5.65 Å². The van der Waals surface area contributed by atoms with Gasteiger partial charge in [-0.15, -0.1) is 0 Å². The molecule has 0 saturated carbocycles. The summed E-state index contributed by atoms with van der Waals surface area (Å²) in [5, 5.41) is 18.3. The normalized spacial score (nSPS) is 12.4. The van der Waals surface area contributed by atoms with Gasteiger partial charge < -0.3 is 14.4 Å². The topological polar surface area (TPSA) is 89.5 Å². The third kappa shape index (κ3) is 4.05. The highest BCUT2D eigenvalue weighted by Gasteiger charge is 2.17. The number of nitrogens with one attached hydrogen (secondary N) is 1. The fourth-order valence-electron chi connectivity index (χ4n) is 3.47. The molecule has 4 rings (SSSR count). The van der Waals surface area contributed by atoms with Crippen molar-refractivity contribution in [2.75, 3.05) is 13.7 Å². The Morgan fingerprint density at radius 1 is 1.20 bits per heavy atom. The fourth-order valence-corrected chi connectivity index (χ4v) is 3.47. The van der Waals surface area contributed by atoms with Crippen molar-refractivity contribution >= 4 is 5.65 Å². The van der Waals surface area contributed by atoms with Crippen LogP contribution in [0, 0.1) is 13.8 Å². The predicted octanol–water partition coefficient (Wildman–Crippen LogP) is 2.89. The zero-order chi connectivity index (χ0) is 21.1. The molecule has 8 heteroatoms. The predicted molar refractivity (Wildman–Crippen MR) is 114 cm³/mol. The van der Waals surface area contributed by atoms with E-state index in [0.29, 0.717) is 17.8 Å². The summed E-state index contributed by atoms with van der Waals surface area (Å²) >= 11 is 0. The molecule has 0 bridgehead atoms. The molecule has 4 aromatic rings. The second kappa shape index (κ2) is 8.64. The average molecular weight is 406 g/mol. The number of aryl methyl sites for hydroxylation is 3. The van der Waals surface area contributed by atoms with E-state index >= 15 is 0 Å². The van der Waals surface area contributed by atoms with Crippen molar-refractivity contribution in [2.45, 2.75) is 33.0 Å². The summed E-state index contributed by atoms with van der Waals surface area (Å²) < 4.78 is 9.08. The molecule has 3 heterocycles. The maximum Gasteiger partial charge on any atom is 0.163 e. The van der Waals surface area contributed by atoms with Crippen LogP contribution in [0.4, 0.5) is 0 Å². The van der Waals surface area contributed by atoms with Gasteiger partial charge in [0.25, 0.3) is 0 Å². The summed E-state index contributed by atoms with van der Waals surface area (Å²) in [5.41, 5.74) is 4.05. The Hall–Kier alpha value is -3.23. The lowest BCUT2D eigenvalue weighted by molar-refractivity contribution is 0.139. The number of hydrogen-bond donors (Lipinski definition) is 2. The number of ether oxygens (including phenoxy) is 1. The quantitative estimate of drug-likeness (QED) is 0.345. The molecule has 30 heavy (non-hydrogen) atoms. The first-order valence-corrected chi connectivity index (χ1v) is 9.95. The number of methoxy groups -OCH3 is 1. The van der Waals surface area contributed by atoms with Crippen molar-refractivity contribution < 1.29 is 9.84 Å². The van der Waals surface area contributed by atoms with Crippen molar-refractivity contribution in [3.8, 4) is 17.0 Å². The second-order valence-electron chi connectivity index (χ2n) is 7.22. The summed E-state index contributed by atoms with van der Waals surface area (Å²) in [4.78, 5) is 8.99. The Morgan fingerprint density at radius 3 is 2.70 bits per heavy atom. The molecular weight excluding hydrogens is 380 g/mol.